The molecule has 0 amide bonds. The van der Waals surface area contributed by atoms with Crippen molar-refractivity contribution in [2.75, 3.05) is 12.8 Å². The molecule has 0 spiro atoms. The Bertz CT molecular complexity index is 720. The summed E-state index contributed by atoms with van der Waals surface area (Å²) in [5, 5.41) is 3.50. The van der Waals surface area contributed by atoms with Crippen LogP contribution in [0.1, 0.15) is 22.7 Å². The molecular formula is C16H17NO2S. The van der Waals surface area contributed by atoms with Crippen LogP contribution in [0.15, 0.2) is 53.4 Å². The summed E-state index contributed by atoms with van der Waals surface area (Å²) in [6.45, 7) is 0.940. The van der Waals surface area contributed by atoms with Crippen LogP contribution < -0.4 is 5.32 Å². The first kappa shape index (κ1) is 13.3. The zero-order valence-corrected chi connectivity index (χ0v) is 12.2. The molecule has 0 unspecified atom stereocenters. The van der Waals surface area contributed by atoms with E-state index in [9.17, 15) is 8.42 Å². The quantitative estimate of drug-likeness (QED) is 0.922. The van der Waals surface area contributed by atoms with Crippen molar-refractivity contribution in [3.05, 3.63) is 65.2 Å². The second-order valence-electron chi connectivity index (χ2n) is 5.18. The van der Waals surface area contributed by atoms with Crippen LogP contribution in [0.5, 0.6) is 0 Å². The fourth-order valence-electron chi connectivity index (χ4n) is 2.71. The van der Waals surface area contributed by atoms with Gasteiger partial charge in [0.05, 0.1) is 10.9 Å². The molecule has 1 aliphatic rings. The van der Waals surface area contributed by atoms with Gasteiger partial charge in [-0.1, -0.05) is 36.4 Å². The van der Waals surface area contributed by atoms with Crippen molar-refractivity contribution in [2.24, 2.45) is 0 Å². The average Bonchev–Trinajstić information content (AvgIpc) is 2.46. The lowest BCUT2D eigenvalue weighted by Gasteiger charge is -2.27. The Kier molecular flexibility index (Phi) is 3.36. The van der Waals surface area contributed by atoms with Gasteiger partial charge in [-0.2, -0.15) is 0 Å². The molecule has 4 heteroatoms. The summed E-state index contributed by atoms with van der Waals surface area (Å²) in [6.07, 6.45) is 2.27. The van der Waals surface area contributed by atoms with Gasteiger partial charge in [-0.15, -0.1) is 0 Å². The molecule has 3 rings (SSSR count). The molecule has 0 saturated carbocycles. The lowest BCUT2D eigenvalue weighted by atomic mass is 9.90. The predicted octanol–water partition coefficient (Wildman–Crippen LogP) is 2.33. The zero-order chi connectivity index (χ0) is 14.2. The van der Waals surface area contributed by atoms with Crippen molar-refractivity contribution >= 4 is 9.84 Å². The Morgan fingerprint density at radius 1 is 1.05 bits per heavy atom. The Morgan fingerprint density at radius 2 is 1.75 bits per heavy atom. The standard InChI is InChI=1S/C16H17NO2S/c1-20(18,19)14-8-6-13(7-9-14)16-15-5-3-2-4-12(15)10-11-17-16/h2-9,16-17H,10-11H2,1H3/t16-/m0/s1. The van der Waals surface area contributed by atoms with Crippen LogP contribution in [0, 0.1) is 0 Å². The van der Waals surface area contributed by atoms with E-state index in [1.807, 2.05) is 18.2 Å². The van der Waals surface area contributed by atoms with Crippen molar-refractivity contribution < 1.29 is 8.42 Å². The van der Waals surface area contributed by atoms with Crippen molar-refractivity contribution in [3.8, 4) is 0 Å². The monoisotopic (exact) mass is 287 g/mol. The van der Waals surface area contributed by atoms with Crippen LogP contribution in [-0.2, 0) is 16.3 Å². The second-order valence-corrected chi connectivity index (χ2v) is 7.19. The van der Waals surface area contributed by atoms with Crippen molar-refractivity contribution in [1.29, 1.82) is 0 Å². The summed E-state index contributed by atoms with van der Waals surface area (Å²) in [4.78, 5) is 0.366. The van der Waals surface area contributed by atoms with Gasteiger partial charge in [0.1, 0.15) is 0 Å². The number of hydrogen-bond donors (Lipinski definition) is 1. The zero-order valence-electron chi connectivity index (χ0n) is 11.3. The number of fused-ring (bicyclic) bond motifs is 1. The molecule has 0 aliphatic carbocycles. The molecule has 2 aromatic rings. The fraction of sp³-hybridized carbons (Fsp3) is 0.250. The van der Waals surface area contributed by atoms with Gasteiger partial charge in [-0.05, 0) is 35.2 Å². The first-order valence-corrected chi connectivity index (χ1v) is 8.56. The normalized spacial score (nSPS) is 18.6. The van der Waals surface area contributed by atoms with Gasteiger partial charge in [-0.3, -0.25) is 0 Å². The molecule has 20 heavy (non-hydrogen) atoms. The molecule has 0 bridgehead atoms. The SMILES string of the molecule is CS(=O)(=O)c1ccc([C@@H]2NCCc3ccccc32)cc1. The summed E-state index contributed by atoms with van der Waals surface area (Å²) in [5.41, 5.74) is 3.75. The summed E-state index contributed by atoms with van der Waals surface area (Å²) >= 11 is 0. The van der Waals surface area contributed by atoms with Gasteiger partial charge in [0.25, 0.3) is 0 Å². The third kappa shape index (κ3) is 2.49. The molecule has 3 nitrogen and oxygen atoms in total. The molecule has 1 aliphatic heterocycles. The first-order chi connectivity index (χ1) is 9.55. The highest BCUT2D eigenvalue weighted by molar-refractivity contribution is 7.90. The minimum atomic E-state index is -3.13. The minimum Gasteiger partial charge on any atom is -0.306 e. The second kappa shape index (κ2) is 5.04. The molecule has 104 valence electrons. The fourth-order valence-corrected chi connectivity index (χ4v) is 3.34. The largest absolute Gasteiger partial charge is 0.306 e. The van der Waals surface area contributed by atoms with Crippen LogP contribution in [-0.4, -0.2) is 21.2 Å². The van der Waals surface area contributed by atoms with Gasteiger partial charge >= 0.3 is 0 Å². The van der Waals surface area contributed by atoms with Gasteiger partial charge in [0, 0.05) is 12.8 Å². The Balaban J connectivity index is 1.99. The molecule has 0 aromatic heterocycles. The summed E-state index contributed by atoms with van der Waals surface area (Å²) in [5.74, 6) is 0. The van der Waals surface area contributed by atoms with E-state index >= 15 is 0 Å². The topological polar surface area (TPSA) is 46.2 Å². The van der Waals surface area contributed by atoms with E-state index in [4.69, 9.17) is 0 Å². The van der Waals surface area contributed by atoms with Crippen LogP contribution in [0.25, 0.3) is 0 Å². The molecular weight excluding hydrogens is 270 g/mol. The van der Waals surface area contributed by atoms with E-state index in [2.05, 4.69) is 23.5 Å². The summed E-state index contributed by atoms with van der Waals surface area (Å²) in [6, 6.07) is 15.7. The van der Waals surface area contributed by atoms with Crippen molar-refractivity contribution in [1.82, 2.24) is 5.32 Å². The van der Waals surface area contributed by atoms with Gasteiger partial charge in [-0.25, -0.2) is 8.42 Å². The van der Waals surface area contributed by atoms with Gasteiger partial charge in [0.2, 0.25) is 0 Å². The van der Waals surface area contributed by atoms with E-state index in [-0.39, 0.29) is 6.04 Å². The lowest BCUT2D eigenvalue weighted by molar-refractivity contribution is 0.567. The highest BCUT2D eigenvalue weighted by Crippen LogP contribution is 2.29. The van der Waals surface area contributed by atoms with Crippen LogP contribution >= 0.6 is 0 Å². The van der Waals surface area contributed by atoms with E-state index in [1.165, 1.54) is 17.4 Å². The Hall–Kier alpha value is -1.65. The molecule has 0 radical (unpaired) electrons. The highest BCUT2D eigenvalue weighted by atomic mass is 32.2. The van der Waals surface area contributed by atoms with Crippen LogP contribution in [0.4, 0.5) is 0 Å². The van der Waals surface area contributed by atoms with Crippen molar-refractivity contribution in [3.63, 3.8) is 0 Å². The number of sulfone groups is 1. The Labute approximate surface area is 119 Å². The number of nitrogens with one attached hydrogen (secondary N) is 1. The van der Waals surface area contributed by atoms with E-state index in [1.54, 1.807) is 12.1 Å². The van der Waals surface area contributed by atoms with Crippen LogP contribution in [0.2, 0.25) is 0 Å². The number of rotatable bonds is 2. The average molecular weight is 287 g/mol. The smallest absolute Gasteiger partial charge is 0.175 e. The van der Waals surface area contributed by atoms with Gasteiger partial charge in [0.15, 0.2) is 9.84 Å². The molecule has 0 fully saturated rings. The highest BCUT2D eigenvalue weighted by Gasteiger charge is 2.20. The maximum Gasteiger partial charge on any atom is 0.175 e. The number of benzene rings is 2. The van der Waals surface area contributed by atoms with E-state index < -0.39 is 9.84 Å². The molecule has 1 atom stereocenters. The maximum absolute atomic E-state index is 11.5. The van der Waals surface area contributed by atoms with Crippen LogP contribution in [0.3, 0.4) is 0 Å². The third-order valence-corrected chi connectivity index (χ3v) is 4.88. The molecule has 2 aromatic carbocycles. The van der Waals surface area contributed by atoms with E-state index in [0.29, 0.717) is 4.90 Å². The third-order valence-electron chi connectivity index (χ3n) is 3.75. The lowest BCUT2D eigenvalue weighted by Crippen LogP contribution is -2.30. The molecule has 1 N–H and O–H groups in total. The first-order valence-electron chi connectivity index (χ1n) is 6.67. The van der Waals surface area contributed by atoms with E-state index in [0.717, 1.165) is 18.5 Å². The minimum absolute atomic E-state index is 0.147. The predicted molar refractivity (Wildman–Crippen MR) is 79.5 cm³/mol. The number of hydrogen-bond acceptors (Lipinski definition) is 3. The molecule has 1 heterocycles. The summed E-state index contributed by atoms with van der Waals surface area (Å²) in [7, 11) is -3.13. The van der Waals surface area contributed by atoms with Gasteiger partial charge < -0.3 is 5.32 Å². The van der Waals surface area contributed by atoms with Crippen molar-refractivity contribution in [2.45, 2.75) is 17.4 Å². The Morgan fingerprint density at radius 3 is 2.45 bits per heavy atom. The summed E-state index contributed by atoms with van der Waals surface area (Å²) < 4.78 is 23.0. The molecule has 0 saturated heterocycles. The maximum atomic E-state index is 11.5.